The van der Waals surface area contributed by atoms with E-state index >= 15 is 0 Å². The van der Waals surface area contributed by atoms with E-state index in [0.717, 1.165) is 6.20 Å². The van der Waals surface area contributed by atoms with Crippen molar-refractivity contribution in [2.45, 2.75) is 6.18 Å². The van der Waals surface area contributed by atoms with E-state index in [0.29, 0.717) is 6.20 Å². The van der Waals surface area contributed by atoms with Gasteiger partial charge < -0.3 is 5.11 Å². The summed E-state index contributed by atoms with van der Waals surface area (Å²) in [5.41, 5.74) is -1.14. The van der Waals surface area contributed by atoms with Crippen molar-refractivity contribution in [3.05, 3.63) is 23.0 Å². The van der Waals surface area contributed by atoms with E-state index in [9.17, 15) is 13.2 Å². The Kier molecular flexibility index (Phi) is 2.14. The van der Waals surface area contributed by atoms with E-state index in [-0.39, 0.29) is 0 Å². The first-order valence-electron chi connectivity index (χ1n) is 2.82. The van der Waals surface area contributed by atoms with Gasteiger partial charge in [0.2, 0.25) is 0 Å². The fraction of sp³-hybridized carbons (Fsp3) is 0.167. The van der Waals surface area contributed by atoms with Crippen molar-refractivity contribution in [1.29, 1.82) is 0 Å². The quantitative estimate of drug-likeness (QED) is 0.693. The summed E-state index contributed by atoms with van der Waals surface area (Å²) in [7, 11) is 0. The first kappa shape index (κ1) is 9.12. The van der Waals surface area contributed by atoms with E-state index in [2.05, 4.69) is 4.98 Å². The average molecular weight is 198 g/mol. The molecule has 66 valence electrons. The monoisotopic (exact) mass is 197 g/mol. The fourth-order valence-electron chi connectivity index (χ4n) is 0.631. The van der Waals surface area contributed by atoms with Gasteiger partial charge in [-0.05, 0) is 0 Å². The SMILES string of the molecule is Oc1cncc(C(F)(F)F)c1Cl. The molecule has 1 heterocycles. The summed E-state index contributed by atoms with van der Waals surface area (Å²) in [6, 6.07) is 0. The lowest BCUT2D eigenvalue weighted by Gasteiger charge is -2.07. The molecule has 0 unspecified atom stereocenters. The minimum absolute atomic E-state index is 0.558. The molecule has 6 heteroatoms. The zero-order chi connectivity index (χ0) is 9.35. The molecule has 1 aromatic heterocycles. The number of aromatic hydroxyl groups is 1. The van der Waals surface area contributed by atoms with E-state index in [1.807, 2.05) is 0 Å². The smallest absolute Gasteiger partial charge is 0.419 e. The average Bonchev–Trinajstić information content (AvgIpc) is 1.92. The van der Waals surface area contributed by atoms with Gasteiger partial charge in [0.1, 0.15) is 0 Å². The molecule has 0 saturated heterocycles. The topological polar surface area (TPSA) is 33.1 Å². The second-order valence-corrected chi connectivity index (χ2v) is 2.40. The summed E-state index contributed by atoms with van der Waals surface area (Å²) in [5, 5.41) is 8.04. The van der Waals surface area contributed by atoms with Crippen LogP contribution in [-0.4, -0.2) is 10.1 Å². The maximum Gasteiger partial charge on any atom is 0.419 e. The third-order valence-corrected chi connectivity index (χ3v) is 1.56. The molecule has 1 N–H and O–H groups in total. The molecule has 0 spiro atoms. The molecule has 0 fully saturated rings. The molecular formula is C6H3ClF3NO. The predicted molar refractivity (Wildman–Crippen MR) is 35.9 cm³/mol. The molecule has 0 radical (unpaired) electrons. The summed E-state index contributed by atoms with van der Waals surface area (Å²) in [4.78, 5) is 3.16. The Morgan fingerprint density at radius 3 is 2.33 bits per heavy atom. The van der Waals surface area contributed by atoms with Crippen LogP contribution in [0.5, 0.6) is 5.75 Å². The molecule has 2 nitrogen and oxygen atoms in total. The third-order valence-electron chi connectivity index (χ3n) is 1.17. The summed E-state index contributed by atoms with van der Waals surface area (Å²) in [5.74, 6) is -0.675. The van der Waals surface area contributed by atoms with Crippen LogP contribution < -0.4 is 0 Å². The van der Waals surface area contributed by atoms with Crippen LogP contribution in [0.3, 0.4) is 0 Å². The van der Waals surface area contributed by atoms with Crippen molar-refractivity contribution in [2.75, 3.05) is 0 Å². The lowest BCUT2D eigenvalue weighted by Crippen LogP contribution is -2.06. The highest BCUT2D eigenvalue weighted by molar-refractivity contribution is 6.32. The van der Waals surface area contributed by atoms with Gasteiger partial charge >= 0.3 is 6.18 Å². The van der Waals surface area contributed by atoms with Crippen molar-refractivity contribution in [3.8, 4) is 5.75 Å². The molecule has 0 saturated carbocycles. The molecule has 0 atom stereocenters. The molecule has 12 heavy (non-hydrogen) atoms. The first-order chi connectivity index (χ1) is 5.43. The van der Waals surface area contributed by atoms with Gasteiger partial charge in [-0.2, -0.15) is 13.2 Å². The Balaban J connectivity index is 3.26. The Morgan fingerprint density at radius 2 is 1.92 bits per heavy atom. The van der Waals surface area contributed by atoms with Crippen molar-refractivity contribution >= 4 is 11.6 Å². The number of alkyl halides is 3. The molecule has 0 aliphatic carbocycles. The molecule has 0 aliphatic rings. The lowest BCUT2D eigenvalue weighted by molar-refractivity contribution is -0.137. The standard InChI is InChI=1S/C6H3ClF3NO/c7-5-3(6(8,9)10)1-11-2-4(5)12/h1-2,12H. The van der Waals surface area contributed by atoms with Crippen molar-refractivity contribution < 1.29 is 18.3 Å². The first-order valence-corrected chi connectivity index (χ1v) is 3.20. The number of hydrogen-bond acceptors (Lipinski definition) is 2. The fourth-order valence-corrected chi connectivity index (χ4v) is 0.836. The minimum atomic E-state index is -4.58. The largest absolute Gasteiger partial charge is 0.505 e. The van der Waals surface area contributed by atoms with Crippen LogP contribution in [0, 0.1) is 0 Å². The van der Waals surface area contributed by atoms with Crippen LogP contribution in [0.1, 0.15) is 5.56 Å². The van der Waals surface area contributed by atoms with Gasteiger partial charge in [0.25, 0.3) is 0 Å². The van der Waals surface area contributed by atoms with Crippen molar-refractivity contribution in [1.82, 2.24) is 4.98 Å². The van der Waals surface area contributed by atoms with Crippen molar-refractivity contribution in [2.24, 2.45) is 0 Å². The van der Waals surface area contributed by atoms with Gasteiger partial charge in [0.05, 0.1) is 16.8 Å². The summed E-state index contributed by atoms with van der Waals surface area (Å²) >= 11 is 5.17. The van der Waals surface area contributed by atoms with Crippen LogP contribution in [0.4, 0.5) is 13.2 Å². The van der Waals surface area contributed by atoms with Gasteiger partial charge in [-0.15, -0.1) is 0 Å². The van der Waals surface area contributed by atoms with E-state index in [4.69, 9.17) is 16.7 Å². The number of hydrogen-bond donors (Lipinski definition) is 1. The molecule has 0 bridgehead atoms. The van der Waals surface area contributed by atoms with Gasteiger partial charge in [-0.3, -0.25) is 4.98 Å². The number of rotatable bonds is 0. The van der Waals surface area contributed by atoms with Gasteiger partial charge in [-0.1, -0.05) is 11.6 Å². The lowest BCUT2D eigenvalue weighted by atomic mass is 10.3. The normalized spacial score (nSPS) is 11.7. The zero-order valence-corrected chi connectivity index (χ0v) is 6.32. The minimum Gasteiger partial charge on any atom is -0.505 e. The number of aromatic nitrogens is 1. The predicted octanol–water partition coefficient (Wildman–Crippen LogP) is 2.46. The van der Waals surface area contributed by atoms with Crippen LogP contribution >= 0.6 is 11.6 Å². The van der Waals surface area contributed by atoms with Gasteiger partial charge in [-0.25, -0.2) is 0 Å². The highest BCUT2D eigenvalue weighted by Gasteiger charge is 2.34. The maximum absolute atomic E-state index is 12.0. The maximum atomic E-state index is 12.0. The zero-order valence-electron chi connectivity index (χ0n) is 5.56. The summed E-state index contributed by atoms with van der Waals surface area (Å²) in [6.07, 6.45) is -3.18. The Labute approximate surface area is 70.6 Å². The number of halogens is 4. The van der Waals surface area contributed by atoms with Crippen molar-refractivity contribution in [3.63, 3.8) is 0 Å². The number of nitrogens with zero attached hydrogens (tertiary/aromatic N) is 1. The van der Waals surface area contributed by atoms with Gasteiger partial charge in [0, 0.05) is 6.20 Å². The van der Waals surface area contributed by atoms with Crippen LogP contribution in [0.2, 0.25) is 5.02 Å². The van der Waals surface area contributed by atoms with E-state index in [1.165, 1.54) is 0 Å². The molecule has 1 aromatic rings. The second-order valence-electron chi connectivity index (χ2n) is 2.02. The van der Waals surface area contributed by atoms with Crippen LogP contribution in [0.25, 0.3) is 0 Å². The molecule has 0 aliphatic heterocycles. The third kappa shape index (κ3) is 1.61. The van der Waals surface area contributed by atoms with Crippen LogP contribution in [-0.2, 0) is 6.18 Å². The van der Waals surface area contributed by atoms with Gasteiger partial charge in [0.15, 0.2) is 5.75 Å². The molecular weight excluding hydrogens is 195 g/mol. The Hall–Kier alpha value is -0.970. The molecule has 0 aromatic carbocycles. The Bertz CT molecular complexity index is 299. The second kappa shape index (κ2) is 2.82. The molecule has 0 amide bonds. The highest BCUT2D eigenvalue weighted by atomic mass is 35.5. The summed E-state index contributed by atoms with van der Waals surface area (Å²) < 4.78 is 36.0. The summed E-state index contributed by atoms with van der Waals surface area (Å²) in [6.45, 7) is 0. The highest BCUT2D eigenvalue weighted by Crippen LogP contribution is 2.37. The van der Waals surface area contributed by atoms with E-state index in [1.54, 1.807) is 0 Å². The van der Waals surface area contributed by atoms with E-state index < -0.39 is 22.5 Å². The van der Waals surface area contributed by atoms with Crippen LogP contribution in [0.15, 0.2) is 12.4 Å². The molecule has 1 rings (SSSR count). The number of pyridine rings is 1. The Morgan fingerprint density at radius 1 is 1.33 bits per heavy atom.